The number of halogens is 1. The molecule has 1 aliphatic heterocycles. The van der Waals surface area contributed by atoms with Gasteiger partial charge in [-0.2, -0.15) is 0 Å². The van der Waals surface area contributed by atoms with E-state index in [9.17, 15) is 9.59 Å². The predicted molar refractivity (Wildman–Crippen MR) is 136 cm³/mol. The van der Waals surface area contributed by atoms with Crippen LogP contribution in [0.15, 0.2) is 63.5 Å². The third-order valence-corrected chi connectivity index (χ3v) is 6.72. The van der Waals surface area contributed by atoms with Gasteiger partial charge in [-0.1, -0.05) is 47.2 Å². The van der Waals surface area contributed by atoms with E-state index in [1.54, 1.807) is 71.4 Å². The van der Waals surface area contributed by atoms with Crippen molar-refractivity contribution in [2.24, 2.45) is 4.99 Å². The molecule has 0 bridgehead atoms. The Balaban J connectivity index is 1.96. The molecule has 2 heterocycles. The Morgan fingerprint density at radius 3 is 2.49 bits per heavy atom. The molecule has 1 unspecified atom stereocenters. The lowest BCUT2D eigenvalue weighted by Gasteiger charge is -2.25. The van der Waals surface area contributed by atoms with Gasteiger partial charge in [0.1, 0.15) is 0 Å². The van der Waals surface area contributed by atoms with E-state index in [1.807, 2.05) is 12.1 Å². The van der Waals surface area contributed by atoms with Gasteiger partial charge in [-0.15, -0.1) is 0 Å². The molecule has 0 N–H and O–H groups in total. The molecule has 0 saturated carbocycles. The van der Waals surface area contributed by atoms with Crippen molar-refractivity contribution in [3.05, 3.63) is 89.6 Å². The first-order chi connectivity index (χ1) is 16.7. The van der Waals surface area contributed by atoms with Crippen molar-refractivity contribution in [3.63, 3.8) is 0 Å². The van der Waals surface area contributed by atoms with Crippen molar-refractivity contribution in [1.29, 1.82) is 0 Å². The number of benzene rings is 2. The van der Waals surface area contributed by atoms with Crippen LogP contribution < -0.4 is 24.4 Å². The highest BCUT2D eigenvalue weighted by Crippen LogP contribution is 2.33. The number of fused-ring (bicyclic) bond motifs is 1. The molecule has 0 aliphatic carbocycles. The molecule has 9 heteroatoms. The molecule has 7 nitrogen and oxygen atoms in total. The van der Waals surface area contributed by atoms with E-state index in [4.69, 9.17) is 25.8 Å². The molecule has 1 aromatic heterocycles. The fourth-order valence-electron chi connectivity index (χ4n) is 3.99. The van der Waals surface area contributed by atoms with Crippen LogP contribution in [0.4, 0.5) is 0 Å². The summed E-state index contributed by atoms with van der Waals surface area (Å²) in [5.74, 6) is 0.569. The molecule has 0 spiro atoms. The number of methoxy groups -OCH3 is 2. The number of hydrogen-bond acceptors (Lipinski definition) is 7. The second-order valence-electron chi connectivity index (χ2n) is 8.17. The average molecular weight is 513 g/mol. The zero-order chi connectivity index (χ0) is 25.3. The van der Waals surface area contributed by atoms with E-state index in [2.05, 4.69) is 4.99 Å². The maximum absolute atomic E-state index is 13.7. The maximum atomic E-state index is 13.7. The smallest absolute Gasteiger partial charge is 0.338 e. The molecule has 2 aromatic carbocycles. The number of thiazole rings is 1. The van der Waals surface area contributed by atoms with Crippen LogP contribution in [0.5, 0.6) is 11.5 Å². The lowest BCUT2D eigenvalue weighted by atomic mass is 9.96. The number of rotatable bonds is 6. The van der Waals surface area contributed by atoms with Gasteiger partial charge in [0.05, 0.1) is 42.2 Å². The van der Waals surface area contributed by atoms with Gasteiger partial charge >= 0.3 is 5.97 Å². The van der Waals surface area contributed by atoms with Gasteiger partial charge in [-0.3, -0.25) is 9.36 Å². The summed E-state index contributed by atoms with van der Waals surface area (Å²) in [6.07, 6.45) is 1.42. The predicted octanol–water partition coefficient (Wildman–Crippen LogP) is 3.86. The molecule has 4 rings (SSSR count). The first-order valence-electron chi connectivity index (χ1n) is 10.9. The van der Waals surface area contributed by atoms with Crippen LogP contribution in [0, 0.1) is 0 Å². The second-order valence-corrected chi connectivity index (χ2v) is 9.62. The number of hydrogen-bond donors (Lipinski definition) is 0. The van der Waals surface area contributed by atoms with Crippen molar-refractivity contribution in [2.45, 2.75) is 32.9 Å². The molecule has 0 fully saturated rings. The fraction of sp³-hybridized carbons (Fsp3) is 0.269. The third kappa shape index (κ3) is 4.76. The molecule has 0 amide bonds. The Labute approximate surface area is 211 Å². The summed E-state index contributed by atoms with van der Waals surface area (Å²) < 4.78 is 18.4. The van der Waals surface area contributed by atoms with Gasteiger partial charge in [0, 0.05) is 10.6 Å². The molecule has 182 valence electrons. The topological polar surface area (TPSA) is 79.1 Å². The van der Waals surface area contributed by atoms with E-state index < -0.39 is 12.0 Å². The van der Waals surface area contributed by atoms with Crippen LogP contribution in [0.3, 0.4) is 0 Å². The summed E-state index contributed by atoms with van der Waals surface area (Å²) in [6.45, 7) is 5.31. The molecule has 35 heavy (non-hydrogen) atoms. The van der Waals surface area contributed by atoms with Crippen molar-refractivity contribution >= 4 is 35.0 Å². The van der Waals surface area contributed by atoms with Gasteiger partial charge in [-0.05, 0) is 50.6 Å². The molecular weight excluding hydrogens is 488 g/mol. The summed E-state index contributed by atoms with van der Waals surface area (Å²) >= 11 is 7.35. The Bertz CT molecular complexity index is 1490. The largest absolute Gasteiger partial charge is 0.493 e. The maximum Gasteiger partial charge on any atom is 0.338 e. The SMILES string of the molecule is COc1cccc(C=c2sc3n(c2=O)C(c2ccc(Cl)cc2)C(C(=O)OC(C)C)=C(C)N=3)c1OC. The van der Waals surface area contributed by atoms with Crippen LogP contribution in [-0.4, -0.2) is 30.9 Å². The monoisotopic (exact) mass is 512 g/mol. The van der Waals surface area contributed by atoms with Crippen LogP contribution in [0.2, 0.25) is 5.02 Å². The first kappa shape index (κ1) is 24.8. The van der Waals surface area contributed by atoms with Crippen molar-refractivity contribution in [2.75, 3.05) is 14.2 Å². The third-order valence-electron chi connectivity index (χ3n) is 5.49. The van der Waals surface area contributed by atoms with E-state index in [1.165, 1.54) is 15.9 Å². The Morgan fingerprint density at radius 2 is 1.86 bits per heavy atom. The summed E-state index contributed by atoms with van der Waals surface area (Å²) in [7, 11) is 3.11. The number of carbonyl (C=O) groups is 1. The highest BCUT2D eigenvalue weighted by molar-refractivity contribution is 7.07. The van der Waals surface area contributed by atoms with E-state index in [-0.39, 0.29) is 11.7 Å². The van der Waals surface area contributed by atoms with E-state index in [0.29, 0.717) is 42.7 Å². The molecule has 0 radical (unpaired) electrons. The number of esters is 1. The molecule has 3 aromatic rings. The van der Waals surface area contributed by atoms with Crippen LogP contribution in [0.1, 0.15) is 37.9 Å². The number of ether oxygens (including phenoxy) is 3. The molecule has 1 atom stereocenters. The van der Waals surface area contributed by atoms with Crippen LogP contribution >= 0.6 is 22.9 Å². The van der Waals surface area contributed by atoms with Crippen molar-refractivity contribution in [1.82, 2.24) is 4.57 Å². The van der Waals surface area contributed by atoms with Gasteiger partial charge in [-0.25, -0.2) is 9.79 Å². The zero-order valence-corrected chi connectivity index (χ0v) is 21.6. The summed E-state index contributed by atoms with van der Waals surface area (Å²) in [4.78, 5) is 31.9. The van der Waals surface area contributed by atoms with Gasteiger partial charge < -0.3 is 14.2 Å². The standard InChI is InChI=1S/C26H25ClN2O5S/c1-14(2)34-25(31)21-15(3)28-26-29(22(21)16-9-11-18(27)12-10-16)24(30)20(35-26)13-17-7-6-8-19(32-4)23(17)33-5/h6-14,22H,1-5H3. The summed E-state index contributed by atoms with van der Waals surface area (Å²) in [5.41, 5.74) is 1.96. The highest BCUT2D eigenvalue weighted by Gasteiger charge is 2.33. The number of allylic oxidation sites excluding steroid dienone is 1. The zero-order valence-electron chi connectivity index (χ0n) is 20.0. The minimum Gasteiger partial charge on any atom is -0.493 e. The van der Waals surface area contributed by atoms with Crippen molar-refractivity contribution < 1.29 is 19.0 Å². The molecule has 1 aliphatic rings. The minimum absolute atomic E-state index is 0.277. The molecular formula is C26H25ClN2O5S. The van der Waals surface area contributed by atoms with Gasteiger partial charge in [0.25, 0.3) is 5.56 Å². The number of aromatic nitrogens is 1. The van der Waals surface area contributed by atoms with Crippen LogP contribution in [-0.2, 0) is 9.53 Å². The minimum atomic E-state index is -0.705. The highest BCUT2D eigenvalue weighted by atomic mass is 35.5. The quantitative estimate of drug-likeness (QED) is 0.469. The van der Waals surface area contributed by atoms with Gasteiger partial charge in [0.15, 0.2) is 16.3 Å². The number of carbonyl (C=O) groups excluding carboxylic acids is 1. The fourth-order valence-corrected chi connectivity index (χ4v) is 5.15. The summed E-state index contributed by atoms with van der Waals surface area (Å²) in [5, 5.41) is 0.554. The number of para-hydroxylation sites is 1. The lowest BCUT2D eigenvalue weighted by Crippen LogP contribution is -2.40. The lowest BCUT2D eigenvalue weighted by molar-refractivity contribution is -0.143. The van der Waals surface area contributed by atoms with Crippen LogP contribution in [0.25, 0.3) is 6.08 Å². The molecule has 0 saturated heterocycles. The Kier molecular flexibility index (Phi) is 7.14. The van der Waals surface area contributed by atoms with Crippen molar-refractivity contribution in [3.8, 4) is 11.5 Å². The van der Waals surface area contributed by atoms with E-state index in [0.717, 1.165) is 5.56 Å². The van der Waals surface area contributed by atoms with E-state index >= 15 is 0 Å². The Hall–Kier alpha value is -3.36. The second kappa shape index (κ2) is 10.1. The Morgan fingerprint density at radius 1 is 1.14 bits per heavy atom. The first-order valence-corrected chi connectivity index (χ1v) is 12.1. The summed E-state index contributed by atoms with van der Waals surface area (Å²) in [6, 6.07) is 11.8. The normalized spacial score (nSPS) is 15.6. The van der Waals surface area contributed by atoms with Gasteiger partial charge in [0.2, 0.25) is 0 Å². The average Bonchev–Trinajstić information content (AvgIpc) is 3.12. The number of nitrogens with zero attached hydrogens (tertiary/aromatic N) is 2.